The largest absolute Gasteiger partial charge is 0.385 e. The molecule has 0 aromatic carbocycles. The standard InChI is InChI=1S/C12H21N3/c1-9(2)15(10(3)4)12-11(13-5)7-6-8-14-12/h6-10,13H,1-5H3. The Morgan fingerprint density at radius 3 is 2.27 bits per heavy atom. The van der Waals surface area contributed by atoms with Gasteiger partial charge >= 0.3 is 0 Å². The lowest BCUT2D eigenvalue weighted by Crippen LogP contribution is -2.38. The number of rotatable bonds is 4. The quantitative estimate of drug-likeness (QED) is 0.823. The molecule has 0 aliphatic carbocycles. The molecular formula is C12H21N3. The molecule has 84 valence electrons. The van der Waals surface area contributed by atoms with Crippen LogP contribution in [0.1, 0.15) is 27.7 Å². The van der Waals surface area contributed by atoms with Gasteiger partial charge in [-0.1, -0.05) is 0 Å². The first kappa shape index (κ1) is 11.8. The summed E-state index contributed by atoms with van der Waals surface area (Å²) < 4.78 is 0. The van der Waals surface area contributed by atoms with E-state index in [4.69, 9.17) is 0 Å². The average Bonchev–Trinajstić information content (AvgIpc) is 2.17. The third-order valence-electron chi connectivity index (χ3n) is 2.41. The highest BCUT2D eigenvalue weighted by Gasteiger charge is 2.17. The highest BCUT2D eigenvalue weighted by atomic mass is 15.2. The van der Waals surface area contributed by atoms with Crippen molar-refractivity contribution in [2.75, 3.05) is 17.3 Å². The summed E-state index contributed by atoms with van der Waals surface area (Å²) in [5.74, 6) is 1.03. The Morgan fingerprint density at radius 2 is 1.80 bits per heavy atom. The Labute approximate surface area is 92.5 Å². The molecule has 1 aromatic rings. The monoisotopic (exact) mass is 207 g/mol. The Balaban J connectivity index is 3.10. The van der Waals surface area contributed by atoms with Crippen molar-refractivity contribution in [3.8, 4) is 0 Å². The van der Waals surface area contributed by atoms with Crippen molar-refractivity contribution in [3.63, 3.8) is 0 Å². The molecule has 0 spiro atoms. The maximum absolute atomic E-state index is 4.46. The van der Waals surface area contributed by atoms with Crippen LogP contribution in [0.3, 0.4) is 0 Å². The maximum atomic E-state index is 4.46. The molecule has 3 heteroatoms. The first-order valence-corrected chi connectivity index (χ1v) is 5.49. The van der Waals surface area contributed by atoms with Gasteiger partial charge in [-0.25, -0.2) is 4.98 Å². The third-order valence-corrected chi connectivity index (χ3v) is 2.41. The molecule has 0 bridgehead atoms. The van der Waals surface area contributed by atoms with Gasteiger partial charge in [-0.05, 0) is 39.8 Å². The van der Waals surface area contributed by atoms with E-state index in [1.165, 1.54) is 0 Å². The molecule has 0 aliphatic heterocycles. The molecule has 0 amide bonds. The van der Waals surface area contributed by atoms with E-state index < -0.39 is 0 Å². The van der Waals surface area contributed by atoms with Gasteiger partial charge < -0.3 is 10.2 Å². The zero-order valence-corrected chi connectivity index (χ0v) is 10.3. The van der Waals surface area contributed by atoms with E-state index in [1.807, 2.05) is 19.3 Å². The fourth-order valence-corrected chi connectivity index (χ4v) is 1.88. The molecule has 15 heavy (non-hydrogen) atoms. The molecule has 0 saturated carbocycles. The Hall–Kier alpha value is -1.25. The highest BCUT2D eigenvalue weighted by molar-refractivity contribution is 5.65. The van der Waals surface area contributed by atoms with E-state index >= 15 is 0 Å². The Morgan fingerprint density at radius 1 is 1.20 bits per heavy atom. The van der Waals surface area contributed by atoms with E-state index in [2.05, 4.69) is 49.0 Å². The zero-order valence-electron chi connectivity index (χ0n) is 10.3. The van der Waals surface area contributed by atoms with Crippen molar-refractivity contribution in [1.82, 2.24) is 4.98 Å². The third kappa shape index (κ3) is 2.61. The number of pyridine rings is 1. The first-order chi connectivity index (χ1) is 7.07. The van der Waals surface area contributed by atoms with E-state index in [0.717, 1.165) is 11.5 Å². The van der Waals surface area contributed by atoms with Crippen LogP contribution in [0.4, 0.5) is 11.5 Å². The highest BCUT2D eigenvalue weighted by Crippen LogP contribution is 2.25. The van der Waals surface area contributed by atoms with Crippen molar-refractivity contribution in [3.05, 3.63) is 18.3 Å². The van der Waals surface area contributed by atoms with Gasteiger partial charge in [0.25, 0.3) is 0 Å². The Kier molecular flexibility index (Phi) is 3.95. The fourth-order valence-electron chi connectivity index (χ4n) is 1.88. The molecule has 1 aromatic heterocycles. The minimum Gasteiger partial charge on any atom is -0.385 e. The van der Waals surface area contributed by atoms with Gasteiger partial charge in [-0.2, -0.15) is 0 Å². The zero-order chi connectivity index (χ0) is 11.4. The lowest BCUT2D eigenvalue weighted by Gasteiger charge is -2.33. The van der Waals surface area contributed by atoms with Crippen molar-refractivity contribution < 1.29 is 0 Å². The second kappa shape index (κ2) is 5.01. The molecule has 0 saturated heterocycles. The molecule has 0 unspecified atom stereocenters. The smallest absolute Gasteiger partial charge is 0.152 e. The van der Waals surface area contributed by atoms with Gasteiger partial charge in [0.2, 0.25) is 0 Å². The van der Waals surface area contributed by atoms with Gasteiger partial charge in [0.1, 0.15) is 0 Å². The number of hydrogen-bond acceptors (Lipinski definition) is 3. The van der Waals surface area contributed by atoms with Crippen LogP contribution in [0.5, 0.6) is 0 Å². The molecular weight excluding hydrogens is 186 g/mol. The van der Waals surface area contributed by atoms with Crippen molar-refractivity contribution in [2.24, 2.45) is 0 Å². The summed E-state index contributed by atoms with van der Waals surface area (Å²) in [7, 11) is 1.93. The molecule has 1 rings (SSSR count). The summed E-state index contributed by atoms with van der Waals surface area (Å²) in [6.45, 7) is 8.75. The second-order valence-corrected chi connectivity index (χ2v) is 4.22. The van der Waals surface area contributed by atoms with Crippen LogP contribution in [-0.2, 0) is 0 Å². The SMILES string of the molecule is CNc1cccnc1N(C(C)C)C(C)C. The first-order valence-electron chi connectivity index (χ1n) is 5.49. The topological polar surface area (TPSA) is 28.2 Å². The fraction of sp³-hybridized carbons (Fsp3) is 0.583. The number of anilines is 2. The molecule has 0 atom stereocenters. The predicted molar refractivity (Wildman–Crippen MR) is 66.5 cm³/mol. The van der Waals surface area contributed by atoms with Crippen molar-refractivity contribution in [1.29, 1.82) is 0 Å². The second-order valence-electron chi connectivity index (χ2n) is 4.22. The Bertz CT molecular complexity index is 299. The summed E-state index contributed by atoms with van der Waals surface area (Å²) >= 11 is 0. The predicted octanol–water partition coefficient (Wildman–Crippen LogP) is 2.75. The van der Waals surface area contributed by atoms with E-state index in [1.54, 1.807) is 0 Å². The van der Waals surface area contributed by atoms with Crippen LogP contribution in [0.25, 0.3) is 0 Å². The molecule has 0 radical (unpaired) electrons. The average molecular weight is 207 g/mol. The van der Waals surface area contributed by atoms with E-state index in [0.29, 0.717) is 12.1 Å². The normalized spacial score (nSPS) is 10.9. The summed E-state index contributed by atoms with van der Waals surface area (Å²) in [4.78, 5) is 6.77. The number of hydrogen-bond donors (Lipinski definition) is 1. The van der Waals surface area contributed by atoms with Crippen LogP contribution in [-0.4, -0.2) is 24.1 Å². The minimum absolute atomic E-state index is 0.451. The summed E-state index contributed by atoms with van der Waals surface area (Å²) in [5, 5.41) is 3.18. The molecule has 0 aliphatic rings. The van der Waals surface area contributed by atoms with Crippen LogP contribution in [0.2, 0.25) is 0 Å². The number of nitrogens with zero attached hydrogens (tertiary/aromatic N) is 2. The summed E-state index contributed by atoms with van der Waals surface area (Å²) in [6.07, 6.45) is 1.84. The van der Waals surface area contributed by atoms with Crippen molar-refractivity contribution >= 4 is 11.5 Å². The van der Waals surface area contributed by atoms with Gasteiger partial charge in [0.05, 0.1) is 5.69 Å². The van der Waals surface area contributed by atoms with Gasteiger partial charge in [-0.3, -0.25) is 0 Å². The maximum Gasteiger partial charge on any atom is 0.152 e. The summed E-state index contributed by atoms with van der Waals surface area (Å²) in [5.41, 5.74) is 1.08. The molecule has 1 heterocycles. The lowest BCUT2D eigenvalue weighted by atomic mass is 10.2. The number of aromatic nitrogens is 1. The number of nitrogens with one attached hydrogen (secondary N) is 1. The van der Waals surface area contributed by atoms with Crippen LogP contribution in [0.15, 0.2) is 18.3 Å². The molecule has 3 nitrogen and oxygen atoms in total. The molecule has 1 N–H and O–H groups in total. The molecule has 0 fully saturated rings. The minimum atomic E-state index is 0.451. The van der Waals surface area contributed by atoms with Gasteiger partial charge in [-0.15, -0.1) is 0 Å². The van der Waals surface area contributed by atoms with E-state index in [9.17, 15) is 0 Å². The van der Waals surface area contributed by atoms with Crippen LogP contribution >= 0.6 is 0 Å². The van der Waals surface area contributed by atoms with Crippen LogP contribution < -0.4 is 10.2 Å². The lowest BCUT2D eigenvalue weighted by molar-refractivity contribution is 0.601. The van der Waals surface area contributed by atoms with E-state index in [-0.39, 0.29) is 0 Å². The van der Waals surface area contributed by atoms with Crippen LogP contribution in [0, 0.1) is 0 Å². The summed E-state index contributed by atoms with van der Waals surface area (Å²) in [6, 6.07) is 4.91. The van der Waals surface area contributed by atoms with Gasteiger partial charge in [0.15, 0.2) is 5.82 Å². The van der Waals surface area contributed by atoms with Crippen molar-refractivity contribution in [2.45, 2.75) is 39.8 Å². The van der Waals surface area contributed by atoms with Gasteiger partial charge in [0, 0.05) is 25.3 Å².